The molecule has 1 N–H and O–H groups in total. The maximum atomic E-state index is 10.4. The van der Waals surface area contributed by atoms with Crippen molar-refractivity contribution in [2.24, 2.45) is 0 Å². The predicted octanol–water partition coefficient (Wildman–Crippen LogP) is 4.83. The van der Waals surface area contributed by atoms with Crippen LogP contribution in [0.3, 0.4) is 0 Å². The third-order valence-corrected chi connectivity index (χ3v) is 4.23. The third kappa shape index (κ3) is 2.16. The second-order valence-electron chi connectivity index (χ2n) is 5.55. The first kappa shape index (κ1) is 13.9. The zero-order valence-corrected chi connectivity index (χ0v) is 12.8. The van der Waals surface area contributed by atoms with Gasteiger partial charge >= 0.3 is 0 Å². The molecule has 21 heavy (non-hydrogen) atoms. The van der Waals surface area contributed by atoms with E-state index in [1.54, 1.807) is 0 Å². The number of aliphatic hydroxyl groups excluding tert-OH is 1. The molecule has 0 amide bonds. The highest BCUT2D eigenvalue weighted by molar-refractivity contribution is 5.98. The smallest absolute Gasteiger partial charge is 0.130 e. The Labute approximate surface area is 125 Å². The number of nitrogens with zero attached hydrogens (tertiary/aromatic N) is 1. The van der Waals surface area contributed by atoms with Crippen LogP contribution >= 0.6 is 0 Å². The van der Waals surface area contributed by atoms with Crippen LogP contribution in [-0.2, 0) is 0 Å². The van der Waals surface area contributed by atoms with E-state index in [9.17, 15) is 5.11 Å². The van der Waals surface area contributed by atoms with Gasteiger partial charge in [-0.05, 0) is 37.5 Å². The van der Waals surface area contributed by atoms with E-state index in [-0.39, 0.29) is 0 Å². The summed E-state index contributed by atoms with van der Waals surface area (Å²) in [5.74, 6) is 0. The van der Waals surface area contributed by atoms with Crippen LogP contribution in [0, 0.1) is 13.8 Å². The van der Waals surface area contributed by atoms with Gasteiger partial charge in [0.05, 0.1) is 5.52 Å². The van der Waals surface area contributed by atoms with E-state index in [1.807, 2.05) is 13.0 Å². The fraction of sp³-hybridized carbons (Fsp3) is 0.263. The molecule has 3 aromatic rings. The van der Waals surface area contributed by atoms with Gasteiger partial charge < -0.3 is 9.67 Å². The van der Waals surface area contributed by atoms with Crippen LogP contribution in [0.5, 0.6) is 0 Å². The summed E-state index contributed by atoms with van der Waals surface area (Å²) >= 11 is 0. The SMILES string of the molecule is CCC(O)n1c(C)c(-c2ccccc2C)c2ccccc21. The number of fused-ring (bicyclic) bond motifs is 1. The zero-order chi connectivity index (χ0) is 15.0. The lowest BCUT2D eigenvalue weighted by atomic mass is 9.98. The van der Waals surface area contributed by atoms with Crippen molar-refractivity contribution >= 4 is 10.9 Å². The number of hydrogen-bond acceptors (Lipinski definition) is 1. The zero-order valence-electron chi connectivity index (χ0n) is 12.8. The van der Waals surface area contributed by atoms with Gasteiger partial charge in [0.2, 0.25) is 0 Å². The molecule has 2 aromatic carbocycles. The monoisotopic (exact) mass is 279 g/mol. The number of benzene rings is 2. The first-order chi connectivity index (χ1) is 10.1. The van der Waals surface area contributed by atoms with Crippen LogP contribution < -0.4 is 0 Å². The lowest BCUT2D eigenvalue weighted by Gasteiger charge is -2.15. The number of rotatable bonds is 3. The van der Waals surface area contributed by atoms with Gasteiger partial charge in [-0.1, -0.05) is 49.4 Å². The Morgan fingerprint density at radius 1 is 1.00 bits per heavy atom. The second-order valence-corrected chi connectivity index (χ2v) is 5.55. The van der Waals surface area contributed by atoms with E-state index in [1.165, 1.54) is 22.1 Å². The van der Waals surface area contributed by atoms with Crippen molar-refractivity contribution in [3.8, 4) is 11.1 Å². The molecule has 2 nitrogen and oxygen atoms in total. The summed E-state index contributed by atoms with van der Waals surface area (Å²) < 4.78 is 2.05. The highest BCUT2D eigenvalue weighted by Crippen LogP contribution is 2.37. The summed E-state index contributed by atoms with van der Waals surface area (Å²) in [7, 11) is 0. The predicted molar refractivity (Wildman–Crippen MR) is 88.4 cm³/mol. The number of aryl methyl sites for hydroxylation is 1. The molecule has 0 aliphatic rings. The highest BCUT2D eigenvalue weighted by Gasteiger charge is 2.19. The molecule has 0 bridgehead atoms. The lowest BCUT2D eigenvalue weighted by Crippen LogP contribution is -2.08. The summed E-state index contributed by atoms with van der Waals surface area (Å²) in [6.07, 6.45) is 0.222. The van der Waals surface area contributed by atoms with Crippen molar-refractivity contribution in [2.75, 3.05) is 0 Å². The maximum Gasteiger partial charge on any atom is 0.130 e. The molecule has 0 saturated carbocycles. The molecule has 0 saturated heterocycles. The van der Waals surface area contributed by atoms with E-state index in [0.717, 1.165) is 11.2 Å². The molecular formula is C19H21NO. The van der Waals surface area contributed by atoms with Crippen molar-refractivity contribution in [3.05, 3.63) is 59.8 Å². The largest absolute Gasteiger partial charge is 0.373 e. The molecule has 0 spiro atoms. The average molecular weight is 279 g/mol. The van der Waals surface area contributed by atoms with Crippen molar-refractivity contribution in [1.29, 1.82) is 0 Å². The normalized spacial score (nSPS) is 12.8. The van der Waals surface area contributed by atoms with Gasteiger partial charge in [0.1, 0.15) is 6.23 Å². The van der Waals surface area contributed by atoms with Gasteiger partial charge in [-0.3, -0.25) is 0 Å². The molecule has 0 aliphatic carbocycles. The van der Waals surface area contributed by atoms with Crippen molar-refractivity contribution in [1.82, 2.24) is 4.57 Å². The minimum Gasteiger partial charge on any atom is -0.373 e. The fourth-order valence-electron chi connectivity index (χ4n) is 3.15. The van der Waals surface area contributed by atoms with Crippen LogP contribution in [0.2, 0.25) is 0 Å². The molecule has 0 fully saturated rings. The summed E-state index contributed by atoms with van der Waals surface area (Å²) in [6, 6.07) is 16.8. The van der Waals surface area contributed by atoms with Crippen LogP contribution in [0.15, 0.2) is 48.5 Å². The minimum atomic E-state index is -0.479. The topological polar surface area (TPSA) is 25.2 Å². The van der Waals surface area contributed by atoms with Gasteiger partial charge in [0, 0.05) is 16.6 Å². The van der Waals surface area contributed by atoms with E-state index < -0.39 is 6.23 Å². The number of hydrogen-bond donors (Lipinski definition) is 1. The Morgan fingerprint density at radius 3 is 2.38 bits per heavy atom. The highest BCUT2D eigenvalue weighted by atomic mass is 16.3. The van der Waals surface area contributed by atoms with Crippen molar-refractivity contribution in [3.63, 3.8) is 0 Å². The molecule has 0 aliphatic heterocycles. The summed E-state index contributed by atoms with van der Waals surface area (Å²) in [4.78, 5) is 0. The summed E-state index contributed by atoms with van der Waals surface area (Å²) in [6.45, 7) is 6.24. The summed E-state index contributed by atoms with van der Waals surface area (Å²) in [5.41, 5.74) is 5.96. The van der Waals surface area contributed by atoms with Gasteiger partial charge in [-0.15, -0.1) is 0 Å². The van der Waals surface area contributed by atoms with Crippen LogP contribution in [-0.4, -0.2) is 9.67 Å². The minimum absolute atomic E-state index is 0.479. The fourth-order valence-corrected chi connectivity index (χ4v) is 3.15. The molecule has 0 radical (unpaired) electrons. The van der Waals surface area contributed by atoms with E-state index in [0.29, 0.717) is 6.42 Å². The molecule has 1 heterocycles. The molecule has 108 valence electrons. The molecule has 1 unspecified atom stereocenters. The first-order valence-electron chi connectivity index (χ1n) is 7.48. The van der Waals surface area contributed by atoms with Gasteiger partial charge in [0.25, 0.3) is 0 Å². The number of aliphatic hydroxyl groups is 1. The van der Waals surface area contributed by atoms with Gasteiger partial charge in [-0.25, -0.2) is 0 Å². The van der Waals surface area contributed by atoms with E-state index in [4.69, 9.17) is 0 Å². The Hall–Kier alpha value is -2.06. The van der Waals surface area contributed by atoms with E-state index in [2.05, 4.69) is 60.9 Å². The molecule has 1 atom stereocenters. The number of aromatic nitrogens is 1. The number of para-hydroxylation sites is 1. The quantitative estimate of drug-likeness (QED) is 0.730. The molecule has 3 rings (SSSR count). The van der Waals surface area contributed by atoms with E-state index >= 15 is 0 Å². The lowest BCUT2D eigenvalue weighted by molar-refractivity contribution is 0.103. The second kappa shape index (κ2) is 5.38. The first-order valence-corrected chi connectivity index (χ1v) is 7.48. The Morgan fingerprint density at radius 2 is 1.67 bits per heavy atom. The van der Waals surface area contributed by atoms with Gasteiger partial charge in [0.15, 0.2) is 0 Å². The van der Waals surface area contributed by atoms with Gasteiger partial charge in [-0.2, -0.15) is 0 Å². The Kier molecular flexibility index (Phi) is 3.56. The molecular weight excluding hydrogens is 258 g/mol. The average Bonchev–Trinajstić information content (AvgIpc) is 2.79. The van der Waals surface area contributed by atoms with Crippen LogP contribution in [0.25, 0.3) is 22.0 Å². The molecule has 2 heteroatoms. The third-order valence-electron chi connectivity index (χ3n) is 4.23. The van der Waals surface area contributed by atoms with Crippen molar-refractivity contribution < 1.29 is 5.11 Å². The van der Waals surface area contributed by atoms with Crippen molar-refractivity contribution in [2.45, 2.75) is 33.4 Å². The summed E-state index contributed by atoms with van der Waals surface area (Å²) in [5, 5.41) is 11.6. The van der Waals surface area contributed by atoms with Crippen LogP contribution in [0.1, 0.15) is 30.8 Å². The van der Waals surface area contributed by atoms with Crippen LogP contribution in [0.4, 0.5) is 0 Å². The maximum absolute atomic E-state index is 10.4. The Balaban J connectivity index is 2.39. The molecule has 1 aromatic heterocycles. The standard InChI is InChI=1S/C19H21NO/c1-4-18(21)20-14(3)19(15-10-6-5-9-13(15)2)16-11-7-8-12-17(16)20/h5-12,18,21H,4H2,1-3H3. The Bertz CT molecular complexity index is 785.